The van der Waals surface area contributed by atoms with Crippen molar-refractivity contribution >= 4 is 23.2 Å². The highest BCUT2D eigenvalue weighted by molar-refractivity contribution is 6.49. The summed E-state index contributed by atoms with van der Waals surface area (Å²) in [7, 11) is 0. The average Bonchev–Trinajstić information content (AvgIpc) is 2.56. The molecule has 2 rings (SSSR count). The lowest BCUT2D eigenvalue weighted by Gasteiger charge is -2.24. The Morgan fingerprint density at radius 1 is 1.53 bits per heavy atom. The second-order valence-electron chi connectivity index (χ2n) is 4.31. The molecule has 106 valence electrons. The highest BCUT2D eigenvalue weighted by Crippen LogP contribution is 2.45. The summed E-state index contributed by atoms with van der Waals surface area (Å²) in [4.78, 5) is 25.1. The fourth-order valence-electron chi connectivity index (χ4n) is 1.88. The number of aromatic amines is 1. The number of hydrogen-bond donors (Lipinski definition) is 3. The van der Waals surface area contributed by atoms with E-state index in [1.165, 1.54) is 13.1 Å². The van der Waals surface area contributed by atoms with E-state index in [0.717, 1.165) is 4.57 Å². The Morgan fingerprint density at radius 2 is 2.16 bits per heavy atom. The lowest BCUT2D eigenvalue weighted by atomic mass is 10.1. The summed E-state index contributed by atoms with van der Waals surface area (Å²) in [6, 6.07) is 0. The van der Waals surface area contributed by atoms with Crippen molar-refractivity contribution in [3.63, 3.8) is 0 Å². The Kier molecular flexibility index (Phi) is 3.76. The first-order valence-electron chi connectivity index (χ1n) is 5.43. The molecular formula is C10H12Cl2N2O5. The predicted molar refractivity (Wildman–Crippen MR) is 67.5 cm³/mol. The molecule has 0 radical (unpaired) electrons. The fourth-order valence-corrected chi connectivity index (χ4v) is 2.47. The van der Waals surface area contributed by atoms with Crippen LogP contribution in [0.1, 0.15) is 11.8 Å². The molecule has 0 aliphatic carbocycles. The Hall–Kier alpha value is -0.860. The number of aliphatic hydroxyl groups is 2. The number of alkyl halides is 2. The molecule has 0 amide bonds. The Labute approximate surface area is 117 Å². The number of hydrogen-bond acceptors (Lipinski definition) is 5. The molecule has 1 aromatic heterocycles. The third-order valence-electron chi connectivity index (χ3n) is 2.96. The maximum atomic E-state index is 11.7. The summed E-state index contributed by atoms with van der Waals surface area (Å²) in [6.07, 6.45) is -2.37. The Balaban J connectivity index is 2.51. The lowest BCUT2D eigenvalue weighted by molar-refractivity contribution is -0.0462. The molecule has 0 saturated carbocycles. The molecule has 3 unspecified atom stereocenters. The summed E-state index contributed by atoms with van der Waals surface area (Å²) < 4.78 is 4.44. The standard InChI is InChI=1S/C10H12Cl2N2O5/c1-4-2-14(9(18)13-7(4)17)8-10(11,12)6(16)5(3-15)19-8/h2,5-6,8,15-16H,3H2,1H3,(H,13,17,18). The summed E-state index contributed by atoms with van der Waals surface area (Å²) in [5.74, 6) is 0. The second kappa shape index (κ2) is 4.92. The lowest BCUT2D eigenvalue weighted by Crippen LogP contribution is -2.41. The zero-order chi connectivity index (χ0) is 14.4. The van der Waals surface area contributed by atoms with Crippen molar-refractivity contribution in [1.29, 1.82) is 0 Å². The zero-order valence-electron chi connectivity index (χ0n) is 9.84. The van der Waals surface area contributed by atoms with E-state index in [1.54, 1.807) is 0 Å². The van der Waals surface area contributed by atoms with Crippen molar-refractivity contribution in [3.8, 4) is 0 Å². The van der Waals surface area contributed by atoms with E-state index in [-0.39, 0.29) is 5.56 Å². The molecular weight excluding hydrogens is 299 g/mol. The van der Waals surface area contributed by atoms with Crippen molar-refractivity contribution < 1.29 is 14.9 Å². The molecule has 1 aliphatic heterocycles. The topological polar surface area (TPSA) is 105 Å². The van der Waals surface area contributed by atoms with Gasteiger partial charge in [-0.05, 0) is 6.92 Å². The number of aryl methyl sites for hydroxylation is 1. The van der Waals surface area contributed by atoms with Crippen LogP contribution in [0.2, 0.25) is 0 Å². The molecule has 3 atom stereocenters. The van der Waals surface area contributed by atoms with Gasteiger partial charge in [0.05, 0.1) is 6.61 Å². The minimum absolute atomic E-state index is 0.259. The summed E-state index contributed by atoms with van der Waals surface area (Å²) in [5.41, 5.74) is -1.04. The molecule has 1 fully saturated rings. The third kappa shape index (κ3) is 2.32. The summed E-state index contributed by atoms with van der Waals surface area (Å²) in [5, 5.41) is 18.9. The van der Waals surface area contributed by atoms with Gasteiger partial charge in [-0.1, -0.05) is 23.2 Å². The van der Waals surface area contributed by atoms with Crippen LogP contribution in [0.15, 0.2) is 15.8 Å². The van der Waals surface area contributed by atoms with E-state index in [0.29, 0.717) is 0 Å². The quantitative estimate of drug-likeness (QED) is 0.625. The van der Waals surface area contributed by atoms with Crippen LogP contribution in [0.25, 0.3) is 0 Å². The molecule has 1 saturated heterocycles. The number of aromatic nitrogens is 2. The van der Waals surface area contributed by atoms with E-state index in [1.807, 2.05) is 0 Å². The molecule has 3 N–H and O–H groups in total. The molecule has 2 heterocycles. The van der Waals surface area contributed by atoms with Crippen molar-refractivity contribution in [1.82, 2.24) is 9.55 Å². The minimum Gasteiger partial charge on any atom is -0.394 e. The van der Waals surface area contributed by atoms with Gasteiger partial charge in [0, 0.05) is 11.8 Å². The van der Waals surface area contributed by atoms with Crippen LogP contribution >= 0.6 is 23.2 Å². The van der Waals surface area contributed by atoms with Gasteiger partial charge in [-0.15, -0.1) is 0 Å². The molecule has 0 aromatic carbocycles. The molecule has 7 nitrogen and oxygen atoms in total. The molecule has 0 spiro atoms. The van der Waals surface area contributed by atoms with Gasteiger partial charge in [0.15, 0.2) is 10.6 Å². The van der Waals surface area contributed by atoms with Gasteiger partial charge >= 0.3 is 5.69 Å². The van der Waals surface area contributed by atoms with Crippen molar-refractivity contribution in [2.45, 2.75) is 29.7 Å². The monoisotopic (exact) mass is 310 g/mol. The van der Waals surface area contributed by atoms with Crippen molar-refractivity contribution in [2.24, 2.45) is 0 Å². The van der Waals surface area contributed by atoms with E-state index < -0.39 is 40.6 Å². The minimum atomic E-state index is -1.82. The molecule has 19 heavy (non-hydrogen) atoms. The first kappa shape index (κ1) is 14.5. The van der Waals surface area contributed by atoms with Gasteiger partial charge in [-0.2, -0.15) is 0 Å². The zero-order valence-corrected chi connectivity index (χ0v) is 11.4. The summed E-state index contributed by atoms with van der Waals surface area (Å²) in [6.45, 7) is 0.990. The first-order valence-corrected chi connectivity index (χ1v) is 6.19. The van der Waals surface area contributed by atoms with Gasteiger partial charge in [0.25, 0.3) is 5.56 Å². The van der Waals surface area contributed by atoms with Crippen LogP contribution in [-0.4, -0.2) is 42.9 Å². The Morgan fingerprint density at radius 3 is 2.68 bits per heavy atom. The highest BCUT2D eigenvalue weighted by atomic mass is 35.5. The van der Waals surface area contributed by atoms with Crippen LogP contribution in [0, 0.1) is 6.92 Å². The average molecular weight is 311 g/mol. The number of ether oxygens (including phenoxy) is 1. The number of nitrogens with one attached hydrogen (secondary N) is 1. The smallest absolute Gasteiger partial charge is 0.330 e. The number of rotatable bonds is 2. The van der Waals surface area contributed by atoms with E-state index in [9.17, 15) is 14.7 Å². The van der Waals surface area contributed by atoms with Crippen molar-refractivity contribution in [2.75, 3.05) is 6.61 Å². The highest BCUT2D eigenvalue weighted by Gasteiger charge is 2.55. The number of nitrogens with zero attached hydrogens (tertiary/aromatic N) is 1. The van der Waals surface area contributed by atoms with Gasteiger partial charge in [-0.3, -0.25) is 14.3 Å². The van der Waals surface area contributed by atoms with Gasteiger partial charge in [0.1, 0.15) is 12.2 Å². The maximum absolute atomic E-state index is 11.7. The SMILES string of the molecule is Cc1cn(C2OC(CO)C(O)C2(Cl)Cl)c(=O)[nH]c1=O. The summed E-state index contributed by atoms with van der Waals surface area (Å²) >= 11 is 12.0. The number of aliphatic hydroxyl groups excluding tert-OH is 2. The van der Waals surface area contributed by atoms with E-state index >= 15 is 0 Å². The van der Waals surface area contributed by atoms with Crippen LogP contribution in [0.5, 0.6) is 0 Å². The van der Waals surface area contributed by atoms with Crippen LogP contribution in [-0.2, 0) is 4.74 Å². The van der Waals surface area contributed by atoms with Crippen LogP contribution in [0.4, 0.5) is 0 Å². The third-order valence-corrected chi connectivity index (χ3v) is 3.78. The van der Waals surface area contributed by atoms with Gasteiger partial charge in [0.2, 0.25) is 0 Å². The fraction of sp³-hybridized carbons (Fsp3) is 0.600. The Bertz CT molecular complexity index is 596. The second-order valence-corrected chi connectivity index (χ2v) is 5.75. The van der Waals surface area contributed by atoms with Crippen molar-refractivity contribution in [3.05, 3.63) is 32.6 Å². The van der Waals surface area contributed by atoms with Gasteiger partial charge < -0.3 is 14.9 Å². The molecule has 0 bridgehead atoms. The van der Waals surface area contributed by atoms with Crippen LogP contribution < -0.4 is 11.2 Å². The first-order chi connectivity index (χ1) is 8.78. The largest absolute Gasteiger partial charge is 0.394 e. The van der Waals surface area contributed by atoms with E-state index in [4.69, 9.17) is 33.0 Å². The molecule has 9 heteroatoms. The van der Waals surface area contributed by atoms with E-state index in [2.05, 4.69) is 4.98 Å². The number of H-pyrrole nitrogens is 1. The van der Waals surface area contributed by atoms with Crippen LogP contribution in [0.3, 0.4) is 0 Å². The molecule has 1 aromatic rings. The van der Waals surface area contributed by atoms with Gasteiger partial charge in [-0.25, -0.2) is 4.79 Å². The molecule has 1 aliphatic rings. The number of halogens is 2. The predicted octanol–water partition coefficient (Wildman–Crippen LogP) is -0.730. The normalized spacial score (nSPS) is 29.6. The maximum Gasteiger partial charge on any atom is 0.330 e.